The summed E-state index contributed by atoms with van der Waals surface area (Å²) in [5.41, 5.74) is -0.453. The molecule has 0 unspecified atom stereocenters. The molecule has 0 aliphatic carbocycles. The summed E-state index contributed by atoms with van der Waals surface area (Å²) in [7, 11) is 0. The first-order valence-electron chi connectivity index (χ1n) is 4.41. The largest absolute Gasteiger partial charge is 0.330 e. The second-order valence-electron chi connectivity index (χ2n) is 3.00. The number of imidazole rings is 1. The van der Waals surface area contributed by atoms with Gasteiger partial charge in [-0.2, -0.15) is 0 Å². The molecule has 2 heterocycles. The van der Waals surface area contributed by atoms with E-state index in [0.29, 0.717) is 4.73 Å². The van der Waals surface area contributed by atoms with E-state index in [4.69, 9.17) is 0 Å². The van der Waals surface area contributed by atoms with E-state index in [-0.39, 0.29) is 17.7 Å². The van der Waals surface area contributed by atoms with Crippen molar-refractivity contribution >= 4 is 27.1 Å². The zero-order chi connectivity index (χ0) is 11.7. The summed E-state index contributed by atoms with van der Waals surface area (Å²) in [6.45, 7) is 1.71. The van der Waals surface area contributed by atoms with Gasteiger partial charge >= 0.3 is 5.69 Å². The molecule has 0 fully saturated rings. The number of aromatic amines is 2. The Hall–Kier alpha value is -1.81. The molecule has 7 heteroatoms. The lowest BCUT2D eigenvalue weighted by molar-refractivity contribution is 0.738. The molecule has 2 aromatic heterocycles. The third kappa shape index (κ3) is 1.67. The van der Waals surface area contributed by atoms with Crippen molar-refractivity contribution in [1.29, 1.82) is 0 Å². The minimum atomic E-state index is -0.515. The van der Waals surface area contributed by atoms with Gasteiger partial charge in [-0.3, -0.25) is 9.78 Å². The summed E-state index contributed by atoms with van der Waals surface area (Å²) in [5, 5.41) is 0. The quantitative estimate of drug-likeness (QED) is 0.579. The van der Waals surface area contributed by atoms with Gasteiger partial charge in [0.05, 0.1) is 6.54 Å². The predicted octanol–water partition coefficient (Wildman–Crippen LogP) is 0.199. The van der Waals surface area contributed by atoms with Gasteiger partial charge in [0.25, 0.3) is 5.56 Å². The summed E-state index contributed by atoms with van der Waals surface area (Å²) in [6, 6.07) is 0. The number of halogens is 1. The van der Waals surface area contributed by atoms with Crippen molar-refractivity contribution in [2.45, 2.75) is 13.5 Å². The summed E-state index contributed by atoms with van der Waals surface area (Å²) >= 11 is 3.10. The predicted molar refractivity (Wildman–Crippen MR) is 62.1 cm³/mol. The number of rotatable bonds is 1. The van der Waals surface area contributed by atoms with Crippen LogP contribution < -0.4 is 11.2 Å². The third-order valence-electron chi connectivity index (χ3n) is 2.02. The van der Waals surface area contributed by atoms with Crippen molar-refractivity contribution in [2.24, 2.45) is 0 Å². The van der Waals surface area contributed by atoms with E-state index in [1.54, 1.807) is 6.92 Å². The molecule has 2 N–H and O–H groups in total. The Kier molecular flexibility index (Phi) is 2.66. The first kappa shape index (κ1) is 10.7. The van der Waals surface area contributed by atoms with Crippen molar-refractivity contribution < 1.29 is 0 Å². The fourth-order valence-electron chi connectivity index (χ4n) is 1.29. The van der Waals surface area contributed by atoms with E-state index >= 15 is 0 Å². The van der Waals surface area contributed by atoms with Gasteiger partial charge in [-0.05, 0) is 22.9 Å². The first-order valence-corrected chi connectivity index (χ1v) is 5.20. The van der Waals surface area contributed by atoms with Crippen molar-refractivity contribution in [3.05, 3.63) is 25.6 Å². The smallest absolute Gasteiger partial charge is 0.327 e. The van der Waals surface area contributed by atoms with Crippen LogP contribution >= 0.6 is 15.9 Å². The Morgan fingerprint density at radius 1 is 1.44 bits per heavy atom. The van der Waals surface area contributed by atoms with Crippen LogP contribution in [0.1, 0.15) is 6.92 Å². The number of hydrogen-bond acceptors (Lipinski definition) is 3. The highest BCUT2D eigenvalue weighted by Gasteiger charge is 2.09. The molecular formula is C9H7BrN4O2. The molecule has 0 saturated heterocycles. The van der Waals surface area contributed by atoms with E-state index in [1.807, 2.05) is 0 Å². The monoisotopic (exact) mass is 282 g/mol. The maximum Gasteiger partial charge on any atom is 0.330 e. The summed E-state index contributed by atoms with van der Waals surface area (Å²) < 4.78 is 1.42. The van der Waals surface area contributed by atoms with Crippen molar-refractivity contribution in [1.82, 2.24) is 19.5 Å². The van der Waals surface area contributed by atoms with E-state index in [0.717, 1.165) is 4.57 Å². The molecule has 0 atom stereocenters. The Bertz CT molecular complexity index is 713. The molecule has 2 aromatic rings. The number of nitrogens with one attached hydrogen (secondary N) is 2. The summed E-state index contributed by atoms with van der Waals surface area (Å²) in [6.07, 6.45) is 0. The lowest BCUT2D eigenvalue weighted by Gasteiger charge is -1.97. The van der Waals surface area contributed by atoms with Gasteiger partial charge in [0, 0.05) is 0 Å². The third-order valence-corrected chi connectivity index (χ3v) is 2.39. The molecule has 0 aliphatic rings. The van der Waals surface area contributed by atoms with Gasteiger partial charge in [0.15, 0.2) is 15.9 Å². The maximum atomic E-state index is 11.9. The summed E-state index contributed by atoms with van der Waals surface area (Å²) in [4.78, 5) is 32.5. The second-order valence-corrected chi connectivity index (χ2v) is 3.75. The van der Waals surface area contributed by atoms with Crippen LogP contribution in [0.4, 0.5) is 0 Å². The fraction of sp³-hybridized carbons (Fsp3) is 0.222. The Morgan fingerprint density at radius 3 is 2.88 bits per heavy atom. The average Bonchev–Trinajstić information content (AvgIpc) is 2.59. The van der Waals surface area contributed by atoms with Crippen LogP contribution in [0.2, 0.25) is 0 Å². The maximum absolute atomic E-state index is 11.9. The normalized spacial score (nSPS) is 10.1. The fourth-order valence-corrected chi connectivity index (χ4v) is 1.66. The minimum absolute atomic E-state index is 0.0667. The molecule has 6 nitrogen and oxygen atoms in total. The average molecular weight is 283 g/mol. The molecule has 0 amide bonds. The van der Waals surface area contributed by atoms with Crippen LogP contribution in [0.5, 0.6) is 0 Å². The number of fused-ring (bicyclic) bond motifs is 1. The molecule has 0 spiro atoms. The molecule has 0 bridgehead atoms. The number of hydrogen-bond donors (Lipinski definition) is 2. The lowest BCUT2D eigenvalue weighted by atomic mass is 10.5. The Balaban J connectivity index is 2.78. The van der Waals surface area contributed by atoms with Crippen molar-refractivity contribution in [2.75, 3.05) is 0 Å². The van der Waals surface area contributed by atoms with Crippen molar-refractivity contribution in [3.63, 3.8) is 0 Å². The topological polar surface area (TPSA) is 83.5 Å². The van der Waals surface area contributed by atoms with Crippen LogP contribution in [0.15, 0.2) is 14.3 Å². The van der Waals surface area contributed by atoms with Gasteiger partial charge in [0.2, 0.25) is 0 Å². The molecule has 82 valence electrons. The molecule has 16 heavy (non-hydrogen) atoms. The highest BCUT2D eigenvalue weighted by molar-refractivity contribution is 9.10. The molecular weight excluding hydrogens is 276 g/mol. The van der Waals surface area contributed by atoms with Crippen LogP contribution in [-0.2, 0) is 6.54 Å². The van der Waals surface area contributed by atoms with Crippen LogP contribution in [0, 0.1) is 11.8 Å². The Labute approximate surface area is 97.8 Å². The van der Waals surface area contributed by atoms with E-state index in [2.05, 4.69) is 42.7 Å². The minimum Gasteiger partial charge on any atom is -0.327 e. The zero-order valence-electron chi connectivity index (χ0n) is 8.30. The molecule has 0 radical (unpaired) electrons. The first-order chi connectivity index (χ1) is 7.63. The van der Waals surface area contributed by atoms with E-state index < -0.39 is 11.2 Å². The zero-order valence-corrected chi connectivity index (χ0v) is 9.88. The molecule has 0 saturated carbocycles. The number of nitrogens with zero attached hydrogens (tertiary/aromatic N) is 2. The van der Waals surface area contributed by atoms with Gasteiger partial charge in [0.1, 0.15) is 0 Å². The van der Waals surface area contributed by atoms with Crippen LogP contribution in [0.25, 0.3) is 11.2 Å². The number of H-pyrrole nitrogens is 2. The van der Waals surface area contributed by atoms with Crippen molar-refractivity contribution in [3.8, 4) is 11.8 Å². The summed E-state index contributed by atoms with van der Waals surface area (Å²) in [5.74, 6) is 5.29. The van der Waals surface area contributed by atoms with Gasteiger partial charge in [-0.25, -0.2) is 14.3 Å². The number of aromatic nitrogens is 4. The molecule has 0 aliphatic heterocycles. The standard InChI is InChI=1S/C9H7BrN4O2/c1-2-3-4-14-7(15)5-6(13-9(14)16)12-8(10)11-5/h4H2,1H3,(H,11,12)(H,13,16). The Morgan fingerprint density at radius 2 is 2.19 bits per heavy atom. The highest BCUT2D eigenvalue weighted by atomic mass is 79.9. The van der Waals surface area contributed by atoms with Gasteiger partial charge in [-0.1, -0.05) is 5.92 Å². The molecule has 0 aromatic carbocycles. The van der Waals surface area contributed by atoms with Gasteiger partial charge < -0.3 is 4.98 Å². The second kappa shape index (κ2) is 3.98. The van der Waals surface area contributed by atoms with Crippen LogP contribution in [0.3, 0.4) is 0 Å². The van der Waals surface area contributed by atoms with Crippen LogP contribution in [-0.4, -0.2) is 19.5 Å². The lowest BCUT2D eigenvalue weighted by Crippen LogP contribution is -2.34. The van der Waals surface area contributed by atoms with Gasteiger partial charge in [-0.15, -0.1) is 5.92 Å². The molecule has 2 rings (SSSR count). The SMILES string of the molecule is CC#CCn1c(=O)[nH]c2nc(Br)[nH]c2c1=O. The highest BCUT2D eigenvalue weighted by Crippen LogP contribution is 2.06. The van der Waals surface area contributed by atoms with E-state index in [1.165, 1.54) is 0 Å². The van der Waals surface area contributed by atoms with E-state index in [9.17, 15) is 9.59 Å².